The van der Waals surface area contributed by atoms with Gasteiger partial charge in [-0.25, -0.2) is 4.98 Å². The summed E-state index contributed by atoms with van der Waals surface area (Å²) >= 11 is 0. The molecule has 2 fully saturated rings. The van der Waals surface area contributed by atoms with Gasteiger partial charge in [-0.15, -0.1) is 0 Å². The van der Waals surface area contributed by atoms with Crippen LogP contribution in [0.5, 0.6) is 0 Å². The summed E-state index contributed by atoms with van der Waals surface area (Å²) in [5, 5.41) is 9.27. The number of hydrogen-bond donors (Lipinski definition) is 0. The third-order valence-corrected chi connectivity index (χ3v) is 5.03. The molecule has 1 saturated heterocycles. The summed E-state index contributed by atoms with van der Waals surface area (Å²) in [6, 6.07) is 9.59. The van der Waals surface area contributed by atoms with Gasteiger partial charge in [-0.3, -0.25) is 4.79 Å². The van der Waals surface area contributed by atoms with Gasteiger partial charge in [0.25, 0.3) is 0 Å². The van der Waals surface area contributed by atoms with Crippen molar-refractivity contribution < 1.29 is 9.21 Å². The smallest absolute Gasteiger partial charge is 0.226 e. The van der Waals surface area contributed by atoms with Gasteiger partial charge in [0.2, 0.25) is 5.91 Å². The molecule has 25 heavy (non-hydrogen) atoms. The average molecular weight is 336 g/mol. The fourth-order valence-corrected chi connectivity index (χ4v) is 3.61. The Morgan fingerprint density at radius 3 is 2.96 bits per heavy atom. The Labute approximate surface area is 146 Å². The standard InChI is InChI=1S/C19H20N4O2/c20-13-14-4-1-6-21-18(14)22-7-3-8-23(10-9-22)19(24)16-12-15(16)17-5-2-11-25-17/h1-2,4-6,11,15-16H,3,7-10,12H2/t15-,16+/m0/s1. The van der Waals surface area contributed by atoms with Gasteiger partial charge in [0, 0.05) is 44.2 Å². The molecule has 1 aliphatic heterocycles. The minimum Gasteiger partial charge on any atom is -0.469 e. The van der Waals surface area contributed by atoms with Crippen LogP contribution in [0.1, 0.15) is 30.1 Å². The van der Waals surface area contributed by atoms with Gasteiger partial charge in [0.15, 0.2) is 0 Å². The number of anilines is 1. The number of nitrogens with zero attached hydrogens (tertiary/aromatic N) is 4. The first-order valence-electron chi connectivity index (χ1n) is 8.70. The number of pyridine rings is 1. The maximum Gasteiger partial charge on any atom is 0.226 e. The normalized spacial score (nSPS) is 23.0. The molecule has 0 unspecified atom stereocenters. The molecule has 2 aromatic heterocycles. The van der Waals surface area contributed by atoms with Crippen molar-refractivity contribution in [2.75, 3.05) is 31.1 Å². The lowest BCUT2D eigenvalue weighted by Gasteiger charge is -2.23. The molecule has 1 saturated carbocycles. The van der Waals surface area contributed by atoms with Gasteiger partial charge in [-0.1, -0.05) is 0 Å². The minimum absolute atomic E-state index is 0.0576. The van der Waals surface area contributed by atoms with Crippen LogP contribution in [0.2, 0.25) is 0 Å². The van der Waals surface area contributed by atoms with Crippen LogP contribution in [0.3, 0.4) is 0 Å². The highest BCUT2D eigenvalue weighted by Gasteiger charge is 2.47. The monoisotopic (exact) mass is 336 g/mol. The Morgan fingerprint density at radius 2 is 2.16 bits per heavy atom. The minimum atomic E-state index is 0.0576. The van der Waals surface area contributed by atoms with E-state index in [0.717, 1.165) is 37.5 Å². The van der Waals surface area contributed by atoms with Crippen molar-refractivity contribution in [3.63, 3.8) is 0 Å². The van der Waals surface area contributed by atoms with Gasteiger partial charge in [-0.05, 0) is 37.1 Å². The zero-order chi connectivity index (χ0) is 17.2. The van der Waals surface area contributed by atoms with Crippen LogP contribution in [0, 0.1) is 17.2 Å². The summed E-state index contributed by atoms with van der Waals surface area (Å²) in [7, 11) is 0. The van der Waals surface area contributed by atoms with Crippen LogP contribution < -0.4 is 4.90 Å². The summed E-state index contributed by atoms with van der Waals surface area (Å²) in [6.45, 7) is 2.93. The molecule has 1 aliphatic carbocycles. The van der Waals surface area contributed by atoms with Crippen LogP contribution in [0.4, 0.5) is 5.82 Å². The van der Waals surface area contributed by atoms with Gasteiger partial charge >= 0.3 is 0 Å². The van der Waals surface area contributed by atoms with E-state index in [1.807, 2.05) is 17.0 Å². The molecule has 2 aliphatic rings. The van der Waals surface area contributed by atoms with Crippen LogP contribution in [0.25, 0.3) is 0 Å². The van der Waals surface area contributed by atoms with E-state index in [4.69, 9.17) is 4.42 Å². The number of carbonyl (C=O) groups is 1. The Hall–Kier alpha value is -2.81. The number of hydrogen-bond acceptors (Lipinski definition) is 5. The summed E-state index contributed by atoms with van der Waals surface area (Å²) in [5.41, 5.74) is 0.586. The molecule has 0 spiro atoms. The van der Waals surface area contributed by atoms with Crippen molar-refractivity contribution >= 4 is 11.7 Å². The summed E-state index contributed by atoms with van der Waals surface area (Å²) in [6.07, 6.45) is 5.14. The van der Waals surface area contributed by atoms with Crippen LogP contribution >= 0.6 is 0 Å². The maximum absolute atomic E-state index is 12.8. The Balaban J connectivity index is 1.40. The van der Waals surface area contributed by atoms with E-state index in [1.54, 1.807) is 24.6 Å². The highest BCUT2D eigenvalue weighted by molar-refractivity contribution is 5.83. The lowest BCUT2D eigenvalue weighted by molar-refractivity contribution is -0.132. The third kappa shape index (κ3) is 3.10. The quantitative estimate of drug-likeness (QED) is 0.860. The lowest BCUT2D eigenvalue weighted by atomic mass is 10.2. The van der Waals surface area contributed by atoms with E-state index in [9.17, 15) is 10.1 Å². The summed E-state index contributed by atoms with van der Waals surface area (Å²) in [4.78, 5) is 21.2. The van der Waals surface area contributed by atoms with Crippen molar-refractivity contribution in [3.05, 3.63) is 48.0 Å². The predicted molar refractivity (Wildman–Crippen MR) is 91.9 cm³/mol. The molecule has 4 rings (SSSR count). The topological polar surface area (TPSA) is 73.4 Å². The van der Waals surface area contributed by atoms with E-state index in [-0.39, 0.29) is 17.7 Å². The van der Waals surface area contributed by atoms with Crippen molar-refractivity contribution in [1.29, 1.82) is 5.26 Å². The number of rotatable bonds is 3. The number of furan rings is 1. The number of carbonyl (C=O) groups excluding carboxylic acids is 1. The first-order chi connectivity index (χ1) is 12.3. The third-order valence-electron chi connectivity index (χ3n) is 5.03. The predicted octanol–water partition coefficient (Wildman–Crippen LogP) is 2.39. The van der Waals surface area contributed by atoms with Gasteiger partial charge in [0.05, 0.1) is 11.8 Å². The molecule has 2 atom stereocenters. The molecule has 2 aromatic rings. The number of amides is 1. The molecule has 6 heteroatoms. The fourth-order valence-electron chi connectivity index (χ4n) is 3.61. The van der Waals surface area contributed by atoms with Crippen molar-refractivity contribution in [1.82, 2.24) is 9.88 Å². The second-order valence-electron chi connectivity index (χ2n) is 6.62. The van der Waals surface area contributed by atoms with Crippen LogP contribution in [-0.4, -0.2) is 42.0 Å². The second kappa shape index (κ2) is 6.60. The van der Waals surface area contributed by atoms with E-state index in [0.29, 0.717) is 18.7 Å². The Kier molecular flexibility index (Phi) is 4.14. The van der Waals surface area contributed by atoms with Crippen LogP contribution in [-0.2, 0) is 4.79 Å². The first-order valence-corrected chi connectivity index (χ1v) is 8.70. The molecule has 0 radical (unpaired) electrons. The Morgan fingerprint density at radius 1 is 1.24 bits per heavy atom. The van der Waals surface area contributed by atoms with E-state index in [2.05, 4.69) is 16.0 Å². The molecule has 3 heterocycles. The highest BCUT2D eigenvalue weighted by Crippen LogP contribution is 2.48. The fraction of sp³-hybridized carbons (Fsp3) is 0.421. The van der Waals surface area contributed by atoms with Crippen LogP contribution in [0.15, 0.2) is 41.1 Å². The van der Waals surface area contributed by atoms with Crippen molar-refractivity contribution in [2.45, 2.75) is 18.8 Å². The highest BCUT2D eigenvalue weighted by atomic mass is 16.3. The van der Waals surface area contributed by atoms with E-state index >= 15 is 0 Å². The van der Waals surface area contributed by atoms with Crippen molar-refractivity contribution in [2.24, 2.45) is 5.92 Å². The molecule has 0 N–H and O–H groups in total. The zero-order valence-corrected chi connectivity index (χ0v) is 14.0. The molecule has 6 nitrogen and oxygen atoms in total. The van der Waals surface area contributed by atoms with Gasteiger partial charge < -0.3 is 14.2 Å². The second-order valence-corrected chi connectivity index (χ2v) is 6.62. The molecular weight excluding hydrogens is 316 g/mol. The summed E-state index contributed by atoms with van der Waals surface area (Å²) < 4.78 is 5.43. The molecule has 128 valence electrons. The van der Waals surface area contributed by atoms with E-state index in [1.165, 1.54) is 0 Å². The van der Waals surface area contributed by atoms with Gasteiger partial charge in [-0.2, -0.15) is 5.26 Å². The maximum atomic E-state index is 12.8. The molecule has 1 amide bonds. The molecular formula is C19H20N4O2. The SMILES string of the molecule is N#Cc1cccnc1N1CCCN(C(=O)[C@@H]2C[C@@H]2c2ccco2)CC1. The van der Waals surface area contributed by atoms with Gasteiger partial charge in [0.1, 0.15) is 17.6 Å². The first kappa shape index (κ1) is 15.7. The molecule has 0 aromatic carbocycles. The molecule has 0 bridgehead atoms. The number of nitriles is 1. The number of aromatic nitrogens is 1. The largest absolute Gasteiger partial charge is 0.469 e. The average Bonchev–Trinajstić information content (AvgIpc) is 3.34. The lowest BCUT2D eigenvalue weighted by Crippen LogP contribution is -2.36. The Bertz CT molecular complexity index is 796. The van der Waals surface area contributed by atoms with E-state index < -0.39 is 0 Å². The van der Waals surface area contributed by atoms with Crippen molar-refractivity contribution in [3.8, 4) is 6.07 Å². The summed E-state index contributed by atoms with van der Waals surface area (Å²) in [5.74, 6) is 2.16. The zero-order valence-electron chi connectivity index (χ0n) is 14.0.